The molecule has 1 aliphatic heterocycles. The lowest BCUT2D eigenvalue weighted by Crippen LogP contribution is -2.49. The van der Waals surface area contributed by atoms with Crippen molar-refractivity contribution in [1.82, 2.24) is 4.90 Å². The Balaban J connectivity index is 1.50. The van der Waals surface area contributed by atoms with Gasteiger partial charge in [-0.3, -0.25) is 9.69 Å². The van der Waals surface area contributed by atoms with E-state index in [-0.39, 0.29) is 18.0 Å². The van der Waals surface area contributed by atoms with E-state index in [0.29, 0.717) is 42.9 Å². The molecule has 2 atom stereocenters. The average molecular weight is 392 g/mol. The molecule has 1 heterocycles. The van der Waals surface area contributed by atoms with Gasteiger partial charge in [-0.2, -0.15) is 0 Å². The number of hydrogen-bond acceptors (Lipinski definition) is 4. The number of likely N-dealkylation sites (tertiary alicyclic amines) is 1. The largest absolute Gasteiger partial charge is 0.385 e. The quantitative estimate of drug-likeness (QED) is 0.736. The second-order valence-corrected chi connectivity index (χ2v) is 7.48. The fraction of sp³-hybridized carbons (Fsp3) is 0.381. The van der Waals surface area contributed by atoms with Crippen molar-refractivity contribution in [2.75, 3.05) is 13.1 Å². The van der Waals surface area contributed by atoms with Gasteiger partial charge >= 0.3 is 0 Å². The lowest BCUT2D eigenvalue weighted by atomic mass is 9.83. The molecule has 1 fully saturated rings. The number of benzene rings is 2. The summed E-state index contributed by atoms with van der Waals surface area (Å²) in [7, 11) is 0. The van der Waals surface area contributed by atoms with Crippen molar-refractivity contribution in [1.29, 1.82) is 0 Å². The van der Waals surface area contributed by atoms with E-state index in [0.717, 1.165) is 5.56 Å². The van der Waals surface area contributed by atoms with Gasteiger partial charge in [-0.1, -0.05) is 23.7 Å². The summed E-state index contributed by atoms with van der Waals surface area (Å²) < 4.78 is 12.9. The number of carbonyl (C=O) groups is 1. The Morgan fingerprint density at radius 3 is 2.48 bits per heavy atom. The van der Waals surface area contributed by atoms with Crippen molar-refractivity contribution >= 4 is 17.4 Å². The SMILES string of the molecule is O=C(CCCN1CCC(O)(c2ccc(Cl)cc2)CC1O)c1ccc(F)cc1. The minimum absolute atomic E-state index is 0.0424. The topological polar surface area (TPSA) is 60.8 Å². The molecule has 1 aliphatic rings. The first-order chi connectivity index (χ1) is 12.9. The summed E-state index contributed by atoms with van der Waals surface area (Å²) in [5, 5.41) is 21.9. The van der Waals surface area contributed by atoms with Crippen molar-refractivity contribution < 1.29 is 19.4 Å². The van der Waals surface area contributed by atoms with Crippen LogP contribution in [0.3, 0.4) is 0 Å². The summed E-state index contributed by atoms with van der Waals surface area (Å²) in [6.07, 6.45) is 0.849. The molecule has 0 radical (unpaired) electrons. The van der Waals surface area contributed by atoms with Crippen LogP contribution >= 0.6 is 11.6 Å². The van der Waals surface area contributed by atoms with E-state index in [2.05, 4.69) is 0 Å². The molecule has 144 valence electrons. The van der Waals surface area contributed by atoms with Crippen LogP contribution in [-0.4, -0.2) is 40.2 Å². The standard InChI is InChI=1S/C21H23ClFNO3/c22-17-7-5-16(6-8-17)21(27)11-13-24(20(26)14-21)12-1-2-19(25)15-3-9-18(23)10-4-15/h3-10,20,26-27H,1-2,11-14H2. The van der Waals surface area contributed by atoms with Gasteiger partial charge in [0, 0.05) is 36.5 Å². The number of halogens is 2. The molecule has 0 amide bonds. The number of ketones is 1. The summed E-state index contributed by atoms with van der Waals surface area (Å²) in [6.45, 7) is 1.09. The van der Waals surface area contributed by atoms with E-state index in [1.165, 1.54) is 24.3 Å². The maximum atomic E-state index is 12.9. The van der Waals surface area contributed by atoms with Gasteiger partial charge in [0.2, 0.25) is 0 Å². The monoisotopic (exact) mass is 391 g/mol. The highest BCUT2D eigenvalue weighted by atomic mass is 35.5. The summed E-state index contributed by atoms with van der Waals surface area (Å²) in [4.78, 5) is 14.0. The van der Waals surface area contributed by atoms with Gasteiger partial charge < -0.3 is 10.2 Å². The Hall–Kier alpha value is -1.79. The number of piperidine rings is 1. The van der Waals surface area contributed by atoms with Crippen LogP contribution in [0.25, 0.3) is 0 Å². The number of nitrogens with zero attached hydrogens (tertiary/aromatic N) is 1. The maximum Gasteiger partial charge on any atom is 0.162 e. The van der Waals surface area contributed by atoms with Crippen LogP contribution in [-0.2, 0) is 5.60 Å². The predicted octanol–water partition coefficient (Wildman–Crippen LogP) is 3.74. The number of carbonyl (C=O) groups excluding carboxylic acids is 1. The third-order valence-electron chi connectivity index (χ3n) is 5.15. The number of Topliss-reactive ketones (excluding diaryl/α,β-unsaturated/α-hetero) is 1. The zero-order valence-electron chi connectivity index (χ0n) is 14.9. The maximum absolute atomic E-state index is 12.9. The first-order valence-corrected chi connectivity index (χ1v) is 9.44. The van der Waals surface area contributed by atoms with Crippen LogP contribution in [0.4, 0.5) is 4.39 Å². The van der Waals surface area contributed by atoms with Crippen LogP contribution in [0.1, 0.15) is 41.6 Å². The Morgan fingerprint density at radius 1 is 1.19 bits per heavy atom. The van der Waals surface area contributed by atoms with E-state index in [4.69, 9.17) is 11.6 Å². The Labute approximate surface area is 163 Å². The highest BCUT2D eigenvalue weighted by Gasteiger charge is 2.38. The van der Waals surface area contributed by atoms with Crippen LogP contribution in [0.2, 0.25) is 5.02 Å². The fourth-order valence-electron chi connectivity index (χ4n) is 3.52. The van der Waals surface area contributed by atoms with Gasteiger partial charge in [-0.25, -0.2) is 4.39 Å². The molecule has 2 N–H and O–H groups in total. The molecule has 4 nitrogen and oxygen atoms in total. The van der Waals surface area contributed by atoms with Crippen molar-refractivity contribution in [2.24, 2.45) is 0 Å². The van der Waals surface area contributed by atoms with Crippen molar-refractivity contribution in [3.8, 4) is 0 Å². The molecule has 0 spiro atoms. The predicted molar refractivity (Wildman–Crippen MR) is 102 cm³/mol. The Kier molecular flexibility index (Phi) is 6.27. The zero-order chi connectivity index (χ0) is 19.4. The molecule has 2 unspecified atom stereocenters. The molecular formula is C21H23ClFNO3. The van der Waals surface area contributed by atoms with E-state index in [1.807, 2.05) is 4.90 Å². The third kappa shape index (κ3) is 4.93. The minimum Gasteiger partial charge on any atom is -0.385 e. The van der Waals surface area contributed by atoms with Crippen LogP contribution in [0.15, 0.2) is 48.5 Å². The zero-order valence-corrected chi connectivity index (χ0v) is 15.7. The Bertz CT molecular complexity index is 781. The van der Waals surface area contributed by atoms with Crippen molar-refractivity contribution in [3.63, 3.8) is 0 Å². The minimum atomic E-state index is -1.08. The summed E-state index contributed by atoms with van der Waals surface area (Å²) in [6, 6.07) is 12.6. The molecular weight excluding hydrogens is 369 g/mol. The highest BCUT2D eigenvalue weighted by Crippen LogP contribution is 2.35. The number of aliphatic hydroxyl groups is 2. The lowest BCUT2D eigenvalue weighted by Gasteiger charge is -2.42. The smallest absolute Gasteiger partial charge is 0.162 e. The third-order valence-corrected chi connectivity index (χ3v) is 5.40. The van der Waals surface area contributed by atoms with Crippen LogP contribution < -0.4 is 0 Å². The van der Waals surface area contributed by atoms with Crippen LogP contribution in [0.5, 0.6) is 0 Å². The molecule has 0 aromatic heterocycles. The first kappa shape index (κ1) is 20.0. The van der Waals surface area contributed by atoms with Crippen molar-refractivity contribution in [2.45, 2.75) is 37.5 Å². The number of rotatable bonds is 6. The van der Waals surface area contributed by atoms with Gasteiger partial charge in [-0.15, -0.1) is 0 Å². The summed E-state index contributed by atoms with van der Waals surface area (Å²) in [5.41, 5.74) is 0.162. The number of aliphatic hydroxyl groups excluding tert-OH is 1. The fourth-order valence-corrected chi connectivity index (χ4v) is 3.64. The van der Waals surface area contributed by atoms with Gasteiger partial charge in [0.15, 0.2) is 5.78 Å². The second-order valence-electron chi connectivity index (χ2n) is 7.04. The first-order valence-electron chi connectivity index (χ1n) is 9.07. The molecule has 3 rings (SSSR count). The molecule has 0 bridgehead atoms. The normalized spacial score (nSPS) is 23.3. The molecule has 2 aromatic carbocycles. The van der Waals surface area contributed by atoms with Crippen molar-refractivity contribution in [3.05, 3.63) is 70.5 Å². The van der Waals surface area contributed by atoms with Gasteiger partial charge in [0.05, 0.1) is 5.60 Å². The van der Waals surface area contributed by atoms with E-state index >= 15 is 0 Å². The molecule has 2 aromatic rings. The second kappa shape index (κ2) is 8.48. The highest BCUT2D eigenvalue weighted by molar-refractivity contribution is 6.30. The van der Waals surface area contributed by atoms with Gasteiger partial charge in [0.25, 0.3) is 0 Å². The summed E-state index contributed by atoms with van der Waals surface area (Å²) in [5.74, 6) is -0.407. The van der Waals surface area contributed by atoms with E-state index in [9.17, 15) is 19.4 Å². The molecule has 6 heteroatoms. The molecule has 0 aliphatic carbocycles. The van der Waals surface area contributed by atoms with Gasteiger partial charge in [-0.05, 0) is 54.8 Å². The Morgan fingerprint density at radius 2 is 1.85 bits per heavy atom. The van der Waals surface area contributed by atoms with Crippen LogP contribution in [0, 0.1) is 5.82 Å². The lowest BCUT2D eigenvalue weighted by molar-refractivity contribution is -0.120. The molecule has 27 heavy (non-hydrogen) atoms. The number of hydrogen-bond donors (Lipinski definition) is 2. The van der Waals surface area contributed by atoms with E-state index in [1.54, 1.807) is 24.3 Å². The van der Waals surface area contributed by atoms with Gasteiger partial charge in [0.1, 0.15) is 12.0 Å². The summed E-state index contributed by atoms with van der Waals surface area (Å²) >= 11 is 5.90. The molecule has 1 saturated heterocycles. The molecule has 0 saturated carbocycles. The average Bonchev–Trinajstić information content (AvgIpc) is 2.64. The van der Waals surface area contributed by atoms with E-state index < -0.39 is 11.8 Å².